The first-order chi connectivity index (χ1) is 7.28. The normalized spacial score (nSPS) is 10.8. The summed E-state index contributed by atoms with van der Waals surface area (Å²) in [7, 11) is 1.21. The van der Waals surface area contributed by atoms with Crippen molar-refractivity contribution < 1.29 is 23.9 Å². The summed E-state index contributed by atoms with van der Waals surface area (Å²) in [6.07, 6.45) is -0.255. The zero-order chi connectivity index (χ0) is 12.9. The van der Waals surface area contributed by atoms with Crippen LogP contribution in [0.5, 0.6) is 0 Å². The highest BCUT2D eigenvalue weighted by Gasteiger charge is 2.45. The molecule has 90 valence electrons. The van der Waals surface area contributed by atoms with Crippen molar-refractivity contribution in [2.45, 2.75) is 33.6 Å². The van der Waals surface area contributed by atoms with Crippen molar-refractivity contribution in [3.63, 3.8) is 0 Å². The van der Waals surface area contributed by atoms with Crippen LogP contribution in [-0.2, 0) is 23.9 Å². The first-order valence-corrected chi connectivity index (χ1v) is 4.89. The smallest absolute Gasteiger partial charge is 0.305 e. The second kappa shape index (κ2) is 5.53. The van der Waals surface area contributed by atoms with Crippen molar-refractivity contribution in [3.8, 4) is 0 Å². The Morgan fingerprint density at radius 1 is 0.938 bits per heavy atom. The SMILES string of the molecule is COC(=O)CCC(C(C)=O)(C(C)=O)C(C)=O. The van der Waals surface area contributed by atoms with Gasteiger partial charge in [0.05, 0.1) is 7.11 Å². The summed E-state index contributed by atoms with van der Waals surface area (Å²) in [4.78, 5) is 45.3. The Balaban J connectivity index is 5.07. The molecule has 0 atom stereocenters. The first kappa shape index (κ1) is 14.5. The van der Waals surface area contributed by atoms with Crippen LogP contribution in [-0.4, -0.2) is 30.4 Å². The second-order valence-corrected chi connectivity index (χ2v) is 3.65. The number of carbonyl (C=O) groups is 4. The number of carbonyl (C=O) groups excluding carboxylic acids is 4. The molecule has 0 N–H and O–H groups in total. The fourth-order valence-electron chi connectivity index (χ4n) is 1.66. The molecule has 0 saturated heterocycles. The van der Waals surface area contributed by atoms with Crippen LogP contribution in [0.25, 0.3) is 0 Å². The summed E-state index contributed by atoms with van der Waals surface area (Å²) in [5.41, 5.74) is -1.69. The van der Waals surface area contributed by atoms with Crippen LogP contribution in [0.4, 0.5) is 0 Å². The Morgan fingerprint density at radius 2 is 1.31 bits per heavy atom. The van der Waals surface area contributed by atoms with Gasteiger partial charge in [0.25, 0.3) is 0 Å². The predicted octanol–water partition coefficient (Wildman–Crippen LogP) is 0.693. The van der Waals surface area contributed by atoms with Crippen LogP contribution >= 0.6 is 0 Å². The van der Waals surface area contributed by atoms with Gasteiger partial charge in [-0.2, -0.15) is 0 Å². The molecule has 0 saturated carbocycles. The molecule has 5 nitrogen and oxygen atoms in total. The largest absolute Gasteiger partial charge is 0.469 e. The van der Waals surface area contributed by atoms with E-state index >= 15 is 0 Å². The molecular weight excluding hydrogens is 212 g/mol. The third-order valence-electron chi connectivity index (χ3n) is 2.73. The van der Waals surface area contributed by atoms with Gasteiger partial charge in [0.2, 0.25) is 0 Å². The molecule has 0 unspecified atom stereocenters. The molecule has 0 aromatic carbocycles. The lowest BCUT2D eigenvalue weighted by molar-refractivity contribution is -0.148. The van der Waals surface area contributed by atoms with Crippen molar-refractivity contribution >= 4 is 23.3 Å². The minimum absolute atomic E-state index is 0.125. The van der Waals surface area contributed by atoms with E-state index in [2.05, 4.69) is 4.74 Å². The summed E-state index contributed by atoms with van der Waals surface area (Å²) >= 11 is 0. The molecule has 0 spiro atoms. The summed E-state index contributed by atoms with van der Waals surface area (Å²) in [6.45, 7) is 3.54. The van der Waals surface area contributed by atoms with E-state index in [1.807, 2.05) is 0 Å². The third kappa shape index (κ3) is 2.74. The fourth-order valence-corrected chi connectivity index (χ4v) is 1.66. The van der Waals surface area contributed by atoms with E-state index in [4.69, 9.17) is 0 Å². The molecule has 0 heterocycles. The zero-order valence-corrected chi connectivity index (χ0v) is 9.96. The van der Waals surface area contributed by atoms with Crippen molar-refractivity contribution in [2.75, 3.05) is 7.11 Å². The van der Waals surface area contributed by atoms with Gasteiger partial charge in [0, 0.05) is 6.42 Å². The van der Waals surface area contributed by atoms with Gasteiger partial charge in [-0.1, -0.05) is 0 Å². The number of ether oxygens (including phenoxy) is 1. The maximum atomic E-state index is 11.5. The lowest BCUT2D eigenvalue weighted by Crippen LogP contribution is -2.43. The maximum absolute atomic E-state index is 11.5. The average Bonchev–Trinajstić information content (AvgIpc) is 2.16. The predicted molar refractivity (Wildman–Crippen MR) is 55.7 cm³/mol. The van der Waals surface area contributed by atoms with Crippen LogP contribution < -0.4 is 0 Å². The first-order valence-electron chi connectivity index (χ1n) is 4.89. The van der Waals surface area contributed by atoms with Crippen LogP contribution in [0, 0.1) is 5.41 Å². The average molecular weight is 228 g/mol. The zero-order valence-electron chi connectivity index (χ0n) is 9.96. The van der Waals surface area contributed by atoms with Gasteiger partial charge in [-0.3, -0.25) is 19.2 Å². The maximum Gasteiger partial charge on any atom is 0.305 e. The van der Waals surface area contributed by atoms with E-state index in [0.717, 1.165) is 0 Å². The van der Waals surface area contributed by atoms with Crippen molar-refractivity contribution in [1.29, 1.82) is 0 Å². The standard InChI is InChI=1S/C11H16O5/c1-7(12)11(8(2)13,9(3)14)6-5-10(15)16-4/h5-6H2,1-4H3. The topological polar surface area (TPSA) is 77.5 Å². The van der Waals surface area contributed by atoms with E-state index in [9.17, 15) is 19.2 Å². The molecule has 0 rings (SSSR count). The molecule has 0 bridgehead atoms. The summed E-state index contributed by atoms with van der Waals surface area (Å²) in [6, 6.07) is 0. The van der Waals surface area contributed by atoms with Crippen molar-refractivity contribution in [1.82, 2.24) is 0 Å². The van der Waals surface area contributed by atoms with Crippen LogP contribution in [0.15, 0.2) is 0 Å². The molecule has 0 aromatic heterocycles. The summed E-state index contributed by atoms with van der Waals surface area (Å²) in [5.74, 6) is -2.14. The van der Waals surface area contributed by atoms with Crippen molar-refractivity contribution in [3.05, 3.63) is 0 Å². The number of Topliss-reactive ketones (excluding diaryl/α,β-unsaturated/α-hetero) is 3. The Bertz CT molecular complexity index is 293. The lowest BCUT2D eigenvalue weighted by Gasteiger charge is -2.24. The van der Waals surface area contributed by atoms with Gasteiger partial charge < -0.3 is 4.74 Å². The van der Waals surface area contributed by atoms with Gasteiger partial charge in [0.15, 0.2) is 17.3 Å². The lowest BCUT2D eigenvalue weighted by atomic mass is 9.73. The van der Waals surface area contributed by atoms with Gasteiger partial charge in [-0.05, 0) is 27.2 Å². The minimum Gasteiger partial charge on any atom is -0.469 e. The highest BCUT2D eigenvalue weighted by Crippen LogP contribution is 2.28. The number of ketones is 3. The summed E-state index contributed by atoms with van der Waals surface area (Å²) in [5, 5.41) is 0. The molecular formula is C11H16O5. The molecule has 0 aliphatic heterocycles. The summed E-state index contributed by atoms with van der Waals surface area (Å²) < 4.78 is 4.41. The fraction of sp³-hybridized carbons (Fsp3) is 0.636. The highest BCUT2D eigenvalue weighted by molar-refractivity contribution is 6.22. The van der Waals surface area contributed by atoms with Gasteiger partial charge in [-0.25, -0.2) is 0 Å². The number of esters is 1. The van der Waals surface area contributed by atoms with E-state index < -0.39 is 28.7 Å². The van der Waals surface area contributed by atoms with Crippen LogP contribution in [0.2, 0.25) is 0 Å². The molecule has 0 aromatic rings. The number of rotatable bonds is 6. The second-order valence-electron chi connectivity index (χ2n) is 3.65. The molecule has 5 heteroatoms. The van der Waals surface area contributed by atoms with Gasteiger partial charge in [-0.15, -0.1) is 0 Å². The highest BCUT2D eigenvalue weighted by atomic mass is 16.5. The van der Waals surface area contributed by atoms with Crippen molar-refractivity contribution in [2.24, 2.45) is 5.41 Å². The minimum atomic E-state index is -1.69. The van der Waals surface area contributed by atoms with Crippen LogP contribution in [0.3, 0.4) is 0 Å². The van der Waals surface area contributed by atoms with E-state index in [-0.39, 0.29) is 12.8 Å². The van der Waals surface area contributed by atoms with E-state index in [1.54, 1.807) is 0 Å². The molecule has 0 aliphatic rings. The molecule has 16 heavy (non-hydrogen) atoms. The van der Waals surface area contributed by atoms with E-state index in [0.29, 0.717) is 0 Å². The van der Waals surface area contributed by atoms with Gasteiger partial charge >= 0.3 is 5.97 Å². The Kier molecular flexibility index (Phi) is 5.01. The number of hydrogen-bond acceptors (Lipinski definition) is 5. The third-order valence-corrected chi connectivity index (χ3v) is 2.73. The molecule has 0 amide bonds. The van der Waals surface area contributed by atoms with Crippen LogP contribution in [0.1, 0.15) is 33.6 Å². The molecule has 0 aliphatic carbocycles. The Hall–Kier alpha value is -1.52. The van der Waals surface area contributed by atoms with E-state index in [1.165, 1.54) is 27.9 Å². The number of methoxy groups -OCH3 is 1. The molecule has 0 fully saturated rings. The Morgan fingerprint density at radius 3 is 1.56 bits per heavy atom. The quantitative estimate of drug-likeness (QED) is 0.493. The number of hydrogen-bond donors (Lipinski definition) is 0. The monoisotopic (exact) mass is 228 g/mol. The van der Waals surface area contributed by atoms with Gasteiger partial charge in [0.1, 0.15) is 5.41 Å². The molecule has 0 radical (unpaired) electrons. The Labute approximate surface area is 94.1 Å².